The summed E-state index contributed by atoms with van der Waals surface area (Å²) in [7, 11) is 2.64. The number of aliphatic hydroxyl groups is 1. The highest BCUT2D eigenvalue weighted by molar-refractivity contribution is 5.89. The van der Waals surface area contributed by atoms with Gasteiger partial charge in [0.2, 0.25) is 0 Å². The van der Waals surface area contributed by atoms with Gasteiger partial charge in [0.25, 0.3) is 0 Å². The Morgan fingerprint density at radius 3 is 1.47 bits per heavy atom. The number of hydrogen-bond acceptors (Lipinski definition) is 7. The lowest BCUT2D eigenvalue weighted by Crippen LogP contribution is -2.32. The minimum absolute atomic E-state index is 0.0358. The van der Waals surface area contributed by atoms with E-state index < -0.39 is 17.9 Å². The number of rotatable bonds is 9. The predicted octanol–water partition coefficient (Wildman–Crippen LogP) is 3.80. The van der Waals surface area contributed by atoms with Crippen molar-refractivity contribution >= 4 is 11.9 Å². The van der Waals surface area contributed by atoms with Crippen molar-refractivity contribution in [3.05, 3.63) is 107 Å². The molecule has 0 radical (unpaired) electrons. The van der Waals surface area contributed by atoms with E-state index in [1.54, 1.807) is 72.8 Å². The molecule has 1 N–H and O–H groups in total. The van der Waals surface area contributed by atoms with E-state index in [0.29, 0.717) is 16.7 Å². The molecule has 3 aromatic carbocycles. The summed E-state index contributed by atoms with van der Waals surface area (Å²) in [6, 6.07) is 22.1. The van der Waals surface area contributed by atoms with Crippen molar-refractivity contribution in [2.24, 2.45) is 0 Å². The zero-order valence-electron chi connectivity index (χ0n) is 17.8. The lowest BCUT2D eigenvalue weighted by Gasteiger charge is -2.28. The van der Waals surface area contributed by atoms with Crippen molar-refractivity contribution in [2.45, 2.75) is 19.2 Å². The maximum Gasteiger partial charge on any atom is 0.337 e. The number of benzene rings is 3. The molecule has 0 heterocycles. The van der Waals surface area contributed by atoms with Gasteiger partial charge in [-0.3, -0.25) is 0 Å². The first-order valence-corrected chi connectivity index (χ1v) is 9.85. The lowest BCUT2D eigenvalue weighted by molar-refractivity contribution is -0.383. The third-order valence-electron chi connectivity index (χ3n) is 4.76. The van der Waals surface area contributed by atoms with Gasteiger partial charge in [-0.2, -0.15) is 0 Å². The van der Waals surface area contributed by atoms with Crippen LogP contribution in [0.15, 0.2) is 78.9 Å². The van der Waals surface area contributed by atoms with Gasteiger partial charge in [-0.1, -0.05) is 54.6 Å². The number of methoxy groups -OCH3 is 2. The van der Waals surface area contributed by atoms with Crippen molar-refractivity contribution < 1.29 is 33.6 Å². The summed E-state index contributed by atoms with van der Waals surface area (Å²) in [4.78, 5) is 23.2. The van der Waals surface area contributed by atoms with E-state index in [2.05, 4.69) is 0 Å². The largest absolute Gasteiger partial charge is 0.465 e. The molecule has 0 aliphatic heterocycles. The molecule has 0 aromatic heterocycles. The number of hydrogen-bond donors (Lipinski definition) is 1. The fourth-order valence-corrected chi connectivity index (χ4v) is 2.93. The van der Waals surface area contributed by atoms with Crippen molar-refractivity contribution in [3.8, 4) is 0 Å². The normalized spacial score (nSPS) is 11.1. The summed E-state index contributed by atoms with van der Waals surface area (Å²) >= 11 is 0. The molecule has 3 rings (SSSR count). The van der Waals surface area contributed by atoms with Gasteiger partial charge in [0.15, 0.2) is 0 Å². The molecule has 0 saturated heterocycles. The Labute approximate surface area is 186 Å². The second-order valence-corrected chi connectivity index (χ2v) is 6.90. The Hall–Kier alpha value is -3.52. The van der Waals surface area contributed by atoms with Crippen LogP contribution in [0, 0.1) is 0 Å². The highest BCUT2D eigenvalue weighted by atomic mass is 16.8. The summed E-state index contributed by atoms with van der Waals surface area (Å²) in [5, 5.41) is 11.2. The smallest absolute Gasteiger partial charge is 0.337 e. The summed E-state index contributed by atoms with van der Waals surface area (Å²) in [5.41, 5.74) is 2.73. The number of carbonyl (C=O) groups is 2. The zero-order chi connectivity index (χ0) is 23.0. The molecule has 0 fully saturated rings. The van der Waals surface area contributed by atoms with Crippen molar-refractivity contribution in [1.82, 2.24) is 0 Å². The maximum absolute atomic E-state index is 11.6. The van der Waals surface area contributed by atoms with Crippen LogP contribution >= 0.6 is 0 Å². The fourth-order valence-electron chi connectivity index (χ4n) is 2.93. The Morgan fingerprint density at radius 2 is 1.09 bits per heavy atom. The molecule has 7 nitrogen and oxygen atoms in total. The highest BCUT2D eigenvalue weighted by Gasteiger charge is 2.32. The van der Waals surface area contributed by atoms with Gasteiger partial charge in [0.05, 0.1) is 38.6 Å². The molecular formula is C25H24O7. The van der Waals surface area contributed by atoms with Gasteiger partial charge in [-0.15, -0.1) is 0 Å². The standard InChI is InChI=1S/C25H24O7/c1-29-23(26)20-12-8-18(9-13-20)16-31-25(28,22-6-4-3-5-7-22)32-17-19-10-14-21(15-11-19)24(27)30-2/h3-15,28H,16-17H2,1-2H3. The monoisotopic (exact) mass is 436 g/mol. The highest BCUT2D eigenvalue weighted by Crippen LogP contribution is 2.27. The van der Waals surface area contributed by atoms with E-state index in [1.165, 1.54) is 14.2 Å². The molecular weight excluding hydrogens is 412 g/mol. The van der Waals surface area contributed by atoms with Gasteiger partial charge in [-0.25, -0.2) is 9.59 Å². The van der Waals surface area contributed by atoms with E-state index in [0.717, 1.165) is 11.1 Å². The molecule has 0 unspecified atom stereocenters. The molecule has 0 spiro atoms. The summed E-state index contributed by atoms with van der Waals surface area (Å²) < 4.78 is 20.9. The van der Waals surface area contributed by atoms with Gasteiger partial charge < -0.3 is 24.1 Å². The molecule has 0 saturated carbocycles. The molecule has 7 heteroatoms. The molecule has 3 aromatic rings. The number of carbonyl (C=O) groups excluding carboxylic acids is 2. The van der Waals surface area contributed by atoms with E-state index in [1.807, 2.05) is 6.07 Å². The SMILES string of the molecule is COC(=O)c1ccc(COC(O)(OCc2ccc(C(=O)OC)cc2)c2ccccc2)cc1. The first-order chi connectivity index (χ1) is 15.4. The predicted molar refractivity (Wildman–Crippen MR) is 115 cm³/mol. The zero-order valence-corrected chi connectivity index (χ0v) is 17.8. The average Bonchev–Trinajstić information content (AvgIpc) is 2.86. The Kier molecular flexibility index (Phi) is 7.72. The topological polar surface area (TPSA) is 91.3 Å². The average molecular weight is 436 g/mol. The summed E-state index contributed by atoms with van der Waals surface area (Å²) in [6.45, 7) is 0.0717. The molecule has 32 heavy (non-hydrogen) atoms. The minimum Gasteiger partial charge on any atom is -0.465 e. The molecule has 0 aliphatic rings. The van der Waals surface area contributed by atoms with Gasteiger partial charge >= 0.3 is 17.9 Å². The van der Waals surface area contributed by atoms with E-state index in [4.69, 9.17) is 18.9 Å². The molecule has 166 valence electrons. The molecule has 0 bridgehead atoms. The van der Waals surface area contributed by atoms with Crippen LogP contribution in [0.1, 0.15) is 37.4 Å². The number of esters is 2. The first-order valence-electron chi connectivity index (χ1n) is 9.85. The summed E-state index contributed by atoms with van der Waals surface area (Å²) in [5.74, 6) is -2.87. The van der Waals surface area contributed by atoms with E-state index in [-0.39, 0.29) is 13.2 Å². The maximum atomic E-state index is 11.6. The van der Waals surface area contributed by atoms with Gasteiger partial charge in [0, 0.05) is 5.56 Å². The van der Waals surface area contributed by atoms with Crippen LogP contribution in [-0.2, 0) is 38.1 Å². The van der Waals surface area contributed by atoms with Crippen LogP contribution < -0.4 is 0 Å². The minimum atomic E-state index is -2.01. The van der Waals surface area contributed by atoms with Crippen LogP contribution in [0.4, 0.5) is 0 Å². The fraction of sp³-hybridized carbons (Fsp3) is 0.200. The van der Waals surface area contributed by atoms with Gasteiger partial charge in [-0.05, 0) is 35.4 Å². The number of ether oxygens (including phenoxy) is 4. The van der Waals surface area contributed by atoms with Crippen LogP contribution in [0.2, 0.25) is 0 Å². The van der Waals surface area contributed by atoms with Crippen molar-refractivity contribution in [3.63, 3.8) is 0 Å². The molecule has 0 atom stereocenters. The van der Waals surface area contributed by atoms with Crippen LogP contribution in [0.25, 0.3) is 0 Å². The van der Waals surface area contributed by atoms with Crippen LogP contribution in [-0.4, -0.2) is 31.3 Å². The third kappa shape index (κ3) is 5.79. The van der Waals surface area contributed by atoms with Gasteiger partial charge in [0.1, 0.15) is 0 Å². The van der Waals surface area contributed by atoms with Crippen LogP contribution in [0.5, 0.6) is 0 Å². The molecule has 0 aliphatic carbocycles. The van der Waals surface area contributed by atoms with Crippen molar-refractivity contribution in [2.75, 3.05) is 14.2 Å². The molecule has 0 amide bonds. The second kappa shape index (κ2) is 10.7. The Balaban J connectivity index is 1.72. The van der Waals surface area contributed by atoms with Crippen LogP contribution in [0.3, 0.4) is 0 Å². The van der Waals surface area contributed by atoms with Crippen molar-refractivity contribution in [1.29, 1.82) is 0 Å². The third-order valence-corrected chi connectivity index (χ3v) is 4.76. The van der Waals surface area contributed by atoms with E-state index in [9.17, 15) is 14.7 Å². The Bertz CT molecular complexity index is 965. The quantitative estimate of drug-likeness (QED) is 0.403. The first kappa shape index (κ1) is 23.1. The Morgan fingerprint density at radius 1 is 0.688 bits per heavy atom. The summed E-state index contributed by atoms with van der Waals surface area (Å²) in [6.07, 6.45) is 0. The second-order valence-electron chi connectivity index (χ2n) is 6.90. The lowest BCUT2D eigenvalue weighted by atomic mass is 10.1. The van der Waals surface area contributed by atoms with E-state index >= 15 is 0 Å².